The summed E-state index contributed by atoms with van der Waals surface area (Å²) < 4.78 is 1.15. The van der Waals surface area contributed by atoms with E-state index in [0.29, 0.717) is 5.13 Å². The van der Waals surface area contributed by atoms with Crippen LogP contribution in [0.3, 0.4) is 0 Å². The summed E-state index contributed by atoms with van der Waals surface area (Å²) in [7, 11) is 4.05. The zero-order chi connectivity index (χ0) is 15.7. The summed E-state index contributed by atoms with van der Waals surface area (Å²) >= 11 is 1.56. The third-order valence-corrected chi connectivity index (χ3v) is 4.45. The van der Waals surface area contributed by atoms with Crippen LogP contribution in [0, 0.1) is 13.8 Å². The smallest absolute Gasteiger partial charge is 0.231 e. The highest BCUT2D eigenvalue weighted by Gasteiger charge is 2.05. The Morgan fingerprint density at radius 1 is 1.00 bits per heavy atom. The first-order chi connectivity index (χ1) is 10.5. The maximum absolute atomic E-state index is 4.55. The lowest BCUT2D eigenvalue weighted by atomic mass is 10.2. The molecule has 0 aliphatic carbocycles. The highest BCUT2D eigenvalue weighted by molar-refractivity contribution is 7.21. The average Bonchev–Trinajstić information content (AvgIpc) is 2.90. The number of aryl methyl sites for hydroxylation is 2. The molecule has 1 heterocycles. The van der Waals surface area contributed by atoms with Crippen LogP contribution in [-0.2, 0) is 0 Å². The van der Waals surface area contributed by atoms with Crippen molar-refractivity contribution < 1.29 is 0 Å². The van der Waals surface area contributed by atoms with Crippen molar-refractivity contribution in [2.45, 2.75) is 13.8 Å². The predicted molar refractivity (Wildman–Crippen MR) is 94.0 cm³/mol. The molecule has 1 aromatic heterocycles. The fraction of sp³-hybridized carbons (Fsp3) is 0.235. The summed E-state index contributed by atoms with van der Waals surface area (Å²) in [4.78, 5) is 6.63. The molecule has 112 valence electrons. The first-order valence-electron chi connectivity index (χ1n) is 7.10. The molecule has 22 heavy (non-hydrogen) atoms. The van der Waals surface area contributed by atoms with Gasteiger partial charge in [0.15, 0.2) is 0 Å². The van der Waals surface area contributed by atoms with Gasteiger partial charge in [0.25, 0.3) is 0 Å². The van der Waals surface area contributed by atoms with Crippen molar-refractivity contribution in [2.75, 3.05) is 19.0 Å². The van der Waals surface area contributed by atoms with Crippen molar-refractivity contribution in [1.29, 1.82) is 0 Å². The standard InChI is InChI=1S/C17H18N4S/c1-11-6-5-7-15-16(11)18-17(22-15)20-19-14-9-8-13(21(3)4)10-12(14)2/h5-10H,1-4H3/b20-19+. The fourth-order valence-corrected chi connectivity index (χ4v) is 3.11. The van der Waals surface area contributed by atoms with Gasteiger partial charge >= 0.3 is 0 Å². The van der Waals surface area contributed by atoms with E-state index in [-0.39, 0.29) is 0 Å². The van der Waals surface area contributed by atoms with Gasteiger partial charge in [-0.2, -0.15) is 0 Å². The van der Waals surface area contributed by atoms with E-state index in [2.05, 4.69) is 45.2 Å². The molecule has 0 saturated carbocycles. The molecular formula is C17H18N4S. The number of anilines is 1. The number of azo groups is 1. The number of hydrogen-bond acceptors (Lipinski definition) is 5. The molecule has 0 unspecified atom stereocenters. The van der Waals surface area contributed by atoms with Crippen LogP contribution in [0.2, 0.25) is 0 Å². The number of aromatic nitrogens is 1. The van der Waals surface area contributed by atoms with Gasteiger partial charge in [0.1, 0.15) is 0 Å². The third-order valence-electron chi connectivity index (χ3n) is 3.55. The molecule has 0 aliphatic heterocycles. The minimum Gasteiger partial charge on any atom is -0.378 e. The second-order valence-corrected chi connectivity index (χ2v) is 6.49. The SMILES string of the molecule is Cc1cc(N(C)C)ccc1/N=N/c1nc2c(C)cccc2s1. The van der Waals surface area contributed by atoms with Crippen LogP contribution >= 0.6 is 11.3 Å². The van der Waals surface area contributed by atoms with Crippen LogP contribution in [0.25, 0.3) is 10.2 Å². The summed E-state index contributed by atoms with van der Waals surface area (Å²) in [5.74, 6) is 0. The molecule has 0 fully saturated rings. The first kappa shape index (κ1) is 14.7. The molecule has 5 heteroatoms. The van der Waals surface area contributed by atoms with E-state index < -0.39 is 0 Å². The monoisotopic (exact) mass is 310 g/mol. The Bertz CT molecular complexity index is 849. The molecule has 0 radical (unpaired) electrons. The third kappa shape index (κ3) is 2.85. The maximum atomic E-state index is 4.55. The van der Waals surface area contributed by atoms with Crippen LogP contribution in [0.4, 0.5) is 16.5 Å². The van der Waals surface area contributed by atoms with E-state index in [1.807, 2.05) is 39.2 Å². The summed E-state index contributed by atoms with van der Waals surface area (Å²) in [6.45, 7) is 4.11. The molecule has 0 aliphatic rings. The van der Waals surface area contributed by atoms with Gasteiger partial charge in [-0.15, -0.1) is 10.2 Å². The number of thiazole rings is 1. The Balaban J connectivity index is 1.91. The van der Waals surface area contributed by atoms with Crippen molar-refractivity contribution >= 4 is 38.1 Å². The lowest BCUT2D eigenvalue weighted by molar-refractivity contribution is 1.12. The van der Waals surface area contributed by atoms with Crippen LogP contribution in [0.15, 0.2) is 46.6 Å². The summed E-state index contributed by atoms with van der Waals surface area (Å²) in [5, 5.41) is 9.36. The number of para-hydroxylation sites is 1. The van der Waals surface area contributed by atoms with Gasteiger partial charge in [-0.05, 0) is 49.2 Å². The van der Waals surface area contributed by atoms with Crippen LogP contribution in [0.1, 0.15) is 11.1 Å². The van der Waals surface area contributed by atoms with Crippen molar-refractivity contribution in [1.82, 2.24) is 4.98 Å². The molecule has 2 aromatic carbocycles. The fourth-order valence-electron chi connectivity index (χ4n) is 2.24. The average molecular weight is 310 g/mol. The Morgan fingerprint density at radius 3 is 2.50 bits per heavy atom. The summed E-state index contributed by atoms with van der Waals surface area (Å²) in [5.41, 5.74) is 5.32. The van der Waals surface area contributed by atoms with Gasteiger partial charge in [0.2, 0.25) is 5.13 Å². The number of fused-ring (bicyclic) bond motifs is 1. The normalized spacial score (nSPS) is 11.5. The lowest BCUT2D eigenvalue weighted by Gasteiger charge is -2.13. The largest absolute Gasteiger partial charge is 0.378 e. The molecular weight excluding hydrogens is 292 g/mol. The van der Waals surface area contributed by atoms with Gasteiger partial charge in [0, 0.05) is 19.8 Å². The number of nitrogens with zero attached hydrogens (tertiary/aromatic N) is 4. The van der Waals surface area contributed by atoms with Crippen LogP contribution in [0.5, 0.6) is 0 Å². The topological polar surface area (TPSA) is 40.9 Å². The quantitative estimate of drug-likeness (QED) is 0.608. The second kappa shape index (κ2) is 5.85. The van der Waals surface area contributed by atoms with Crippen LogP contribution in [-0.4, -0.2) is 19.1 Å². The minimum absolute atomic E-state index is 0.695. The lowest BCUT2D eigenvalue weighted by Crippen LogP contribution is -2.08. The zero-order valence-corrected chi connectivity index (χ0v) is 14.0. The molecule has 0 atom stereocenters. The number of benzene rings is 2. The second-order valence-electron chi connectivity index (χ2n) is 5.48. The van der Waals surface area contributed by atoms with Gasteiger partial charge in [-0.3, -0.25) is 0 Å². The van der Waals surface area contributed by atoms with Gasteiger partial charge in [-0.25, -0.2) is 4.98 Å². The van der Waals surface area contributed by atoms with E-state index in [1.54, 1.807) is 11.3 Å². The van der Waals surface area contributed by atoms with Crippen molar-refractivity contribution in [2.24, 2.45) is 10.2 Å². The Hall–Kier alpha value is -2.27. The highest BCUT2D eigenvalue weighted by atomic mass is 32.1. The maximum Gasteiger partial charge on any atom is 0.231 e. The van der Waals surface area contributed by atoms with E-state index in [4.69, 9.17) is 0 Å². The Morgan fingerprint density at radius 2 is 1.82 bits per heavy atom. The zero-order valence-electron chi connectivity index (χ0n) is 13.2. The van der Waals surface area contributed by atoms with Crippen molar-refractivity contribution in [3.05, 3.63) is 47.5 Å². The molecule has 3 aromatic rings. The summed E-state index contributed by atoms with van der Waals surface area (Å²) in [6.07, 6.45) is 0. The Kier molecular flexibility index (Phi) is 3.90. The molecule has 0 saturated heterocycles. The number of rotatable bonds is 3. The van der Waals surface area contributed by atoms with Gasteiger partial charge < -0.3 is 4.90 Å². The molecule has 0 amide bonds. The van der Waals surface area contributed by atoms with E-state index in [9.17, 15) is 0 Å². The first-order valence-corrected chi connectivity index (χ1v) is 7.92. The minimum atomic E-state index is 0.695. The van der Waals surface area contributed by atoms with Gasteiger partial charge in [0.05, 0.1) is 15.9 Å². The molecule has 0 bridgehead atoms. The predicted octanol–water partition coefficient (Wildman–Crippen LogP) is 5.39. The molecule has 0 spiro atoms. The van der Waals surface area contributed by atoms with Gasteiger partial charge in [-0.1, -0.05) is 23.5 Å². The van der Waals surface area contributed by atoms with Crippen molar-refractivity contribution in [3.8, 4) is 0 Å². The van der Waals surface area contributed by atoms with Crippen molar-refractivity contribution in [3.63, 3.8) is 0 Å². The van der Waals surface area contributed by atoms with E-state index in [0.717, 1.165) is 27.2 Å². The van der Waals surface area contributed by atoms with E-state index in [1.165, 1.54) is 5.56 Å². The van der Waals surface area contributed by atoms with Crippen LogP contribution < -0.4 is 4.90 Å². The molecule has 3 rings (SSSR count). The van der Waals surface area contributed by atoms with E-state index >= 15 is 0 Å². The summed E-state index contributed by atoms with van der Waals surface area (Å²) in [6, 6.07) is 12.3. The highest BCUT2D eigenvalue weighted by Crippen LogP contribution is 2.32. The Labute approximate surface area is 134 Å². The molecule has 4 nitrogen and oxygen atoms in total. The number of hydrogen-bond donors (Lipinski definition) is 0. The molecule has 0 N–H and O–H groups in total.